The quantitative estimate of drug-likeness (QED) is 0.400. The number of rotatable bonds is 3. The standard InChI is InChI=1S/C25H23N3O2S/c1-14-5-10-20-22(11-14)30-24(26-20)19-9-7-16(3)21(13-19)27-25(31)28-23(29)18-8-6-15(2)17(4)12-18/h5-13H,1-4H3,(H2,27,28,29,31). The molecule has 4 aromatic rings. The number of nitrogens with one attached hydrogen (secondary N) is 2. The number of aryl methyl sites for hydroxylation is 4. The van der Waals surface area contributed by atoms with Gasteiger partial charge in [0, 0.05) is 16.8 Å². The summed E-state index contributed by atoms with van der Waals surface area (Å²) in [6.07, 6.45) is 0. The summed E-state index contributed by atoms with van der Waals surface area (Å²) < 4.78 is 5.94. The van der Waals surface area contributed by atoms with E-state index >= 15 is 0 Å². The number of aromatic nitrogens is 1. The number of oxazole rings is 1. The van der Waals surface area contributed by atoms with E-state index in [1.807, 2.05) is 76.2 Å². The number of fused-ring (bicyclic) bond motifs is 1. The maximum atomic E-state index is 12.5. The molecule has 1 aromatic heterocycles. The molecule has 0 saturated heterocycles. The molecule has 3 aromatic carbocycles. The maximum absolute atomic E-state index is 12.5. The van der Waals surface area contributed by atoms with Gasteiger partial charge in [0.25, 0.3) is 5.91 Å². The summed E-state index contributed by atoms with van der Waals surface area (Å²) in [5.41, 5.74) is 8.03. The molecule has 0 radical (unpaired) electrons. The van der Waals surface area contributed by atoms with Crippen LogP contribution in [0.3, 0.4) is 0 Å². The molecule has 156 valence electrons. The number of carbonyl (C=O) groups is 1. The Balaban J connectivity index is 1.53. The van der Waals surface area contributed by atoms with Crippen molar-refractivity contribution in [2.24, 2.45) is 0 Å². The summed E-state index contributed by atoms with van der Waals surface area (Å²) in [7, 11) is 0. The van der Waals surface area contributed by atoms with Crippen LogP contribution in [0.4, 0.5) is 5.69 Å². The van der Waals surface area contributed by atoms with Crippen molar-refractivity contribution in [1.82, 2.24) is 10.3 Å². The van der Waals surface area contributed by atoms with E-state index in [4.69, 9.17) is 16.6 Å². The molecule has 0 bridgehead atoms. The van der Waals surface area contributed by atoms with Crippen LogP contribution in [0.5, 0.6) is 0 Å². The van der Waals surface area contributed by atoms with Crippen molar-refractivity contribution in [2.75, 3.05) is 5.32 Å². The molecule has 0 aliphatic carbocycles. The Kier molecular flexibility index (Phi) is 5.57. The lowest BCUT2D eigenvalue weighted by atomic mass is 10.1. The molecule has 0 aliphatic heterocycles. The molecular weight excluding hydrogens is 406 g/mol. The largest absolute Gasteiger partial charge is 0.436 e. The van der Waals surface area contributed by atoms with Gasteiger partial charge in [-0.05, 0) is 98.6 Å². The highest BCUT2D eigenvalue weighted by Crippen LogP contribution is 2.28. The fraction of sp³-hybridized carbons (Fsp3) is 0.160. The molecule has 2 N–H and O–H groups in total. The maximum Gasteiger partial charge on any atom is 0.257 e. The van der Waals surface area contributed by atoms with Crippen molar-refractivity contribution in [1.29, 1.82) is 0 Å². The van der Waals surface area contributed by atoms with Crippen LogP contribution in [0.1, 0.15) is 32.6 Å². The smallest absolute Gasteiger partial charge is 0.257 e. The minimum absolute atomic E-state index is 0.233. The monoisotopic (exact) mass is 429 g/mol. The van der Waals surface area contributed by atoms with Gasteiger partial charge >= 0.3 is 0 Å². The van der Waals surface area contributed by atoms with Crippen LogP contribution in [0.25, 0.3) is 22.6 Å². The molecule has 0 fully saturated rings. The van der Waals surface area contributed by atoms with Gasteiger partial charge in [0.05, 0.1) is 0 Å². The summed E-state index contributed by atoms with van der Waals surface area (Å²) in [4.78, 5) is 17.1. The number of anilines is 1. The molecule has 0 aliphatic rings. The molecule has 6 heteroatoms. The normalized spacial score (nSPS) is 10.8. The van der Waals surface area contributed by atoms with E-state index in [1.54, 1.807) is 6.07 Å². The molecular formula is C25H23N3O2S. The molecule has 0 saturated carbocycles. The number of hydrogen-bond donors (Lipinski definition) is 2. The first kappa shape index (κ1) is 20.8. The third-order valence-electron chi connectivity index (χ3n) is 5.27. The molecule has 31 heavy (non-hydrogen) atoms. The zero-order valence-electron chi connectivity index (χ0n) is 17.9. The lowest BCUT2D eigenvalue weighted by molar-refractivity contribution is 0.0977. The highest BCUT2D eigenvalue weighted by Gasteiger charge is 2.13. The van der Waals surface area contributed by atoms with Crippen molar-refractivity contribution in [2.45, 2.75) is 27.7 Å². The second kappa shape index (κ2) is 8.32. The lowest BCUT2D eigenvalue weighted by Gasteiger charge is -2.13. The van der Waals surface area contributed by atoms with E-state index in [1.165, 1.54) is 0 Å². The predicted octanol–water partition coefficient (Wildman–Crippen LogP) is 5.86. The number of nitrogens with zero attached hydrogens (tertiary/aromatic N) is 1. The average molecular weight is 430 g/mol. The Bertz CT molecular complexity index is 1320. The van der Waals surface area contributed by atoms with E-state index in [0.29, 0.717) is 11.5 Å². The first-order chi connectivity index (χ1) is 14.8. The van der Waals surface area contributed by atoms with Gasteiger partial charge in [-0.15, -0.1) is 0 Å². The van der Waals surface area contributed by atoms with Gasteiger partial charge in [-0.25, -0.2) is 4.98 Å². The van der Waals surface area contributed by atoms with E-state index in [9.17, 15) is 4.79 Å². The molecule has 0 unspecified atom stereocenters. The Morgan fingerprint density at radius 1 is 0.903 bits per heavy atom. The number of thiocarbonyl (C=S) groups is 1. The molecule has 1 amide bonds. The molecule has 0 spiro atoms. The van der Waals surface area contributed by atoms with Crippen LogP contribution >= 0.6 is 12.2 Å². The zero-order chi connectivity index (χ0) is 22.1. The number of carbonyl (C=O) groups excluding carboxylic acids is 1. The Morgan fingerprint density at radius 3 is 2.45 bits per heavy atom. The summed E-state index contributed by atoms with van der Waals surface area (Å²) >= 11 is 5.38. The van der Waals surface area contributed by atoms with Crippen molar-refractivity contribution in [3.05, 3.63) is 82.4 Å². The van der Waals surface area contributed by atoms with Gasteiger partial charge in [0.15, 0.2) is 10.7 Å². The lowest BCUT2D eigenvalue weighted by Crippen LogP contribution is -2.34. The third kappa shape index (κ3) is 4.49. The topological polar surface area (TPSA) is 67.2 Å². The number of amides is 1. The van der Waals surface area contributed by atoms with Gasteiger partial charge in [-0.2, -0.15) is 0 Å². The minimum atomic E-state index is -0.247. The first-order valence-corrected chi connectivity index (χ1v) is 10.4. The van der Waals surface area contributed by atoms with Gasteiger partial charge in [0.2, 0.25) is 5.89 Å². The minimum Gasteiger partial charge on any atom is -0.436 e. The van der Waals surface area contributed by atoms with Crippen LogP contribution in [-0.2, 0) is 0 Å². The molecule has 5 nitrogen and oxygen atoms in total. The SMILES string of the molecule is Cc1ccc2nc(-c3ccc(C)c(NC(=S)NC(=O)c4ccc(C)c(C)c4)c3)oc2c1. The Morgan fingerprint density at radius 2 is 1.68 bits per heavy atom. The van der Waals surface area contributed by atoms with Crippen LogP contribution in [0, 0.1) is 27.7 Å². The highest BCUT2D eigenvalue weighted by atomic mass is 32.1. The summed E-state index contributed by atoms with van der Waals surface area (Å²) in [5.74, 6) is 0.289. The van der Waals surface area contributed by atoms with Crippen LogP contribution in [0.2, 0.25) is 0 Å². The average Bonchev–Trinajstić information content (AvgIpc) is 3.14. The third-order valence-corrected chi connectivity index (χ3v) is 5.48. The predicted molar refractivity (Wildman–Crippen MR) is 129 cm³/mol. The van der Waals surface area contributed by atoms with Crippen LogP contribution in [0.15, 0.2) is 59.0 Å². The van der Waals surface area contributed by atoms with Crippen LogP contribution < -0.4 is 10.6 Å². The van der Waals surface area contributed by atoms with E-state index in [2.05, 4.69) is 15.6 Å². The fourth-order valence-electron chi connectivity index (χ4n) is 3.26. The first-order valence-electron chi connectivity index (χ1n) is 9.98. The Labute approximate surface area is 186 Å². The highest BCUT2D eigenvalue weighted by molar-refractivity contribution is 7.80. The van der Waals surface area contributed by atoms with E-state index in [0.717, 1.165) is 44.6 Å². The van der Waals surface area contributed by atoms with Crippen molar-refractivity contribution in [3.8, 4) is 11.5 Å². The van der Waals surface area contributed by atoms with Gasteiger partial charge < -0.3 is 9.73 Å². The van der Waals surface area contributed by atoms with Gasteiger partial charge in [0.1, 0.15) is 5.52 Å². The fourth-order valence-corrected chi connectivity index (χ4v) is 3.46. The molecule has 1 heterocycles. The van der Waals surface area contributed by atoms with Gasteiger partial charge in [-0.1, -0.05) is 18.2 Å². The van der Waals surface area contributed by atoms with E-state index in [-0.39, 0.29) is 11.0 Å². The second-order valence-corrected chi connectivity index (χ2v) is 8.14. The number of hydrogen-bond acceptors (Lipinski definition) is 4. The number of benzene rings is 3. The van der Waals surface area contributed by atoms with Gasteiger partial charge in [-0.3, -0.25) is 10.1 Å². The second-order valence-electron chi connectivity index (χ2n) is 7.73. The summed E-state index contributed by atoms with van der Waals surface area (Å²) in [5, 5.41) is 6.10. The molecule has 0 atom stereocenters. The summed E-state index contributed by atoms with van der Waals surface area (Å²) in [6.45, 7) is 7.97. The van der Waals surface area contributed by atoms with Crippen LogP contribution in [-0.4, -0.2) is 16.0 Å². The zero-order valence-corrected chi connectivity index (χ0v) is 18.7. The van der Waals surface area contributed by atoms with E-state index < -0.39 is 0 Å². The summed E-state index contributed by atoms with van der Waals surface area (Å²) in [6, 6.07) is 17.3. The molecule has 4 rings (SSSR count). The van der Waals surface area contributed by atoms with Crippen molar-refractivity contribution in [3.63, 3.8) is 0 Å². The van der Waals surface area contributed by atoms with Crippen molar-refractivity contribution >= 4 is 40.0 Å². The Hall–Kier alpha value is -3.51. The van der Waals surface area contributed by atoms with Crippen molar-refractivity contribution < 1.29 is 9.21 Å².